The van der Waals surface area contributed by atoms with Gasteiger partial charge in [-0.05, 0) is 31.0 Å². The van der Waals surface area contributed by atoms with Crippen LogP contribution in [-0.4, -0.2) is 15.9 Å². The maximum atomic E-state index is 11.9. The number of amides is 1. The lowest BCUT2D eigenvalue weighted by Gasteiger charge is -2.04. The first-order chi connectivity index (χ1) is 9.22. The summed E-state index contributed by atoms with van der Waals surface area (Å²) in [6.45, 7) is 0.413. The molecule has 19 heavy (non-hydrogen) atoms. The fraction of sp³-hybridized carbons (Fsp3) is 0.308. The fourth-order valence-corrected chi connectivity index (χ4v) is 2.77. The van der Waals surface area contributed by atoms with E-state index in [1.54, 1.807) is 18.5 Å². The fourth-order valence-electron chi connectivity index (χ4n) is 1.81. The van der Waals surface area contributed by atoms with Gasteiger partial charge in [0.1, 0.15) is 6.33 Å². The van der Waals surface area contributed by atoms with E-state index < -0.39 is 0 Å². The third kappa shape index (κ3) is 3.11. The maximum Gasteiger partial charge on any atom is 0.261 e. The Hall–Kier alpha value is -1.46. The Morgan fingerprint density at radius 1 is 1.42 bits per heavy atom. The molecule has 1 amide bonds. The molecular weight excluding hydrogens is 282 g/mol. The number of nitrogens with zero attached hydrogens (tertiary/aromatic N) is 2. The number of rotatable bonds is 4. The molecule has 6 heteroatoms. The molecule has 98 valence electrons. The van der Waals surface area contributed by atoms with E-state index in [4.69, 9.17) is 11.6 Å². The van der Waals surface area contributed by atoms with Crippen LogP contribution in [0, 0.1) is 0 Å². The minimum absolute atomic E-state index is 0.122. The van der Waals surface area contributed by atoms with Gasteiger partial charge in [0.25, 0.3) is 5.91 Å². The molecule has 0 aliphatic heterocycles. The van der Waals surface area contributed by atoms with Gasteiger partial charge in [0.2, 0.25) is 0 Å². The van der Waals surface area contributed by atoms with Crippen LogP contribution < -0.4 is 5.32 Å². The molecule has 4 nitrogen and oxygen atoms in total. The van der Waals surface area contributed by atoms with Crippen LogP contribution in [0.15, 0.2) is 24.5 Å². The second kappa shape index (κ2) is 5.27. The van der Waals surface area contributed by atoms with Crippen molar-refractivity contribution in [3.63, 3.8) is 0 Å². The van der Waals surface area contributed by atoms with Gasteiger partial charge >= 0.3 is 0 Å². The molecule has 2 aromatic heterocycles. The number of hydrogen-bond donors (Lipinski definition) is 1. The Labute approximate surface area is 119 Å². The maximum absolute atomic E-state index is 11.9. The van der Waals surface area contributed by atoms with Crippen LogP contribution >= 0.6 is 22.9 Å². The van der Waals surface area contributed by atoms with Gasteiger partial charge in [-0.2, -0.15) is 0 Å². The van der Waals surface area contributed by atoms with Crippen LogP contribution in [0.2, 0.25) is 4.34 Å². The summed E-state index contributed by atoms with van der Waals surface area (Å²) in [7, 11) is 0. The zero-order valence-electron chi connectivity index (χ0n) is 10.1. The third-order valence-electron chi connectivity index (χ3n) is 2.97. The molecule has 0 saturated heterocycles. The van der Waals surface area contributed by atoms with Crippen molar-refractivity contribution in [2.24, 2.45) is 0 Å². The minimum atomic E-state index is -0.122. The molecule has 1 N–H and O–H groups in total. The third-order valence-corrected chi connectivity index (χ3v) is 4.20. The van der Waals surface area contributed by atoms with Gasteiger partial charge in [-0.25, -0.2) is 9.97 Å². The van der Waals surface area contributed by atoms with Gasteiger partial charge < -0.3 is 5.32 Å². The van der Waals surface area contributed by atoms with Gasteiger partial charge in [-0.15, -0.1) is 11.3 Å². The van der Waals surface area contributed by atoms with E-state index in [2.05, 4.69) is 15.3 Å². The largest absolute Gasteiger partial charge is 0.346 e. The Balaban J connectivity index is 1.62. The van der Waals surface area contributed by atoms with Crippen molar-refractivity contribution in [2.45, 2.75) is 25.3 Å². The van der Waals surface area contributed by atoms with Crippen molar-refractivity contribution in [3.8, 4) is 0 Å². The lowest BCUT2D eigenvalue weighted by molar-refractivity contribution is 0.0954. The number of halogens is 1. The highest BCUT2D eigenvalue weighted by Crippen LogP contribution is 2.38. The summed E-state index contributed by atoms with van der Waals surface area (Å²) in [5.74, 6) is 0.469. The average molecular weight is 294 g/mol. The van der Waals surface area contributed by atoms with E-state index in [-0.39, 0.29) is 5.91 Å². The summed E-state index contributed by atoms with van der Waals surface area (Å²) in [5.41, 5.74) is 1.92. The van der Waals surface area contributed by atoms with Crippen molar-refractivity contribution in [1.82, 2.24) is 15.3 Å². The van der Waals surface area contributed by atoms with Gasteiger partial charge in [-0.3, -0.25) is 4.79 Å². The monoisotopic (exact) mass is 293 g/mol. The standard InChI is InChI=1S/C13H12ClN3OS/c14-12-4-3-11(19-12)13(18)15-6-9-5-10(8-1-2-8)17-7-16-9/h3-5,7-8H,1-2,6H2,(H,15,18). The Kier molecular flexibility index (Phi) is 3.48. The molecule has 0 unspecified atom stereocenters. The van der Waals surface area contributed by atoms with E-state index in [0.29, 0.717) is 21.7 Å². The summed E-state index contributed by atoms with van der Waals surface area (Å²) in [4.78, 5) is 20.9. The van der Waals surface area contributed by atoms with E-state index in [9.17, 15) is 4.79 Å². The van der Waals surface area contributed by atoms with Gasteiger partial charge in [0.15, 0.2) is 0 Å². The van der Waals surface area contributed by atoms with E-state index in [1.807, 2.05) is 6.07 Å². The highest BCUT2D eigenvalue weighted by molar-refractivity contribution is 7.17. The van der Waals surface area contributed by atoms with Crippen LogP contribution in [-0.2, 0) is 6.54 Å². The quantitative estimate of drug-likeness (QED) is 0.943. The zero-order chi connectivity index (χ0) is 13.2. The Morgan fingerprint density at radius 3 is 2.95 bits per heavy atom. The lowest BCUT2D eigenvalue weighted by atomic mass is 10.2. The normalized spacial score (nSPS) is 14.4. The van der Waals surface area contributed by atoms with E-state index >= 15 is 0 Å². The highest BCUT2D eigenvalue weighted by Gasteiger charge is 2.25. The molecule has 0 radical (unpaired) electrons. The van der Waals surface area contributed by atoms with Crippen LogP contribution in [0.4, 0.5) is 0 Å². The molecule has 3 rings (SSSR count). The van der Waals surface area contributed by atoms with Crippen molar-refractivity contribution in [2.75, 3.05) is 0 Å². The van der Waals surface area contributed by atoms with Gasteiger partial charge in [0, 0.05) is 11.6 Å². The molecule has 1 aliphatic carbocycles. The lowest BCUT2D eigenvalue weighted by Crippen LogP contribution is -2.22. The second-order valence-corrected chi connectivity index (χ2v) is 6.21. The summed E-state index contributed by atoms with van der Waals surface area (Å²) in [5, 5.41) is 2.84. The Bertz CT molecular complexity index is 609. The van der Waals surface area contributed by atoms with Gasteiger partial charge in [-0.1, -0.05) is 11.6 Å². The molecule has 1 fully saturated rings. The summed E-state index contributed by atoms with van der Waals surface area (Å²) in [6, 6.07) is 5.41. The van der Waals surface area contributed by atoms with E-state index in [1.165, 1.54) is 24.2 Å². The molecule has 0 spiro atoms. The van der Waals surface area contributed by atoms with Crippen LogP contribution in [0.25, 0.3) is 0 Å². The predicted octanol–water partition coefficient (Wildman–Crippen LogP) is 3.00. The molecule has 1 saturated carbocycles. The minimum Gasteiger partial charge on any atom is -0.346 e. The predicted molar refractivity (Wildman–Crippen MR) is 74.5 cm³/mol. The first kappa shape index (κ1) is 12.6. The summed E-state index contributed by atoms with van der Waals surface area (Å²) >= 11 is 7.07. The molecule has 1 aliphatic rings. The van der Waals surface area contributed by atoms with Crippen LogP contribution in [0.3, 0.4) is 0 Å². The van der Waals surface area contributed by atoms with Crippen LogP contribution in [0.5, 0.6) is 0 Å². The summed E-state index contributed by atoms with van der Waals surface area (Å²) < 4.78 is 0.614. The molecule has 2 aromatic rings. The number of hydrogen-bond acceptors (Lipinski definition) is 4. The average Bonchev–Trinajstić information content (AvgIpc) is 3.19. The molecule has 0 atom stereocenters. The number of nitrogens with one attached hydrogen (secondary N) is 1. The topological polar surface area (TPSA) is 54.9 Å². The van der Waals surface area contributed by atoms with Gasteiger partial charge in [0.05, 0.1) is 21.5 Å². The van der Waals surface area contributed by atoms with Crippen molar-refractivity contribution in [1.29, 1.82) is 0 Å². The molecule has 0 aromatic carbocycles. The van der Waals surface area contributed by atoms with Crippen molar-refractivity contribution >= 4 is 28.8 Å². The van der Waals surface area contributed by atoms with Crippen LogP contribution in [0.1, 0.15) is 39.8 Å². The number of carbonyl (C=O) groups is 1. The zero-order valence-corrected chi connectivity index (χ0v) is 11.7. The first-order valence-corrected chi connectivity index (χ1v) is 7.26. The van der Waals surface area contributed by atoms with Crippen molar-refractivity contribution in [3.05, 3.63) is 45.1 Å². The molecule has 2 heterocycles. The highest BCUT2D eigenvalue weighted by atomic mass is 35.5. The first-order valence-electron chi connectivity index (χ1n) is 6.07. The van der Waals surface area contributed by atoms with Crippen molar-refractivity contribution < 1.29 is 4.79 Å². The Morgan fingerprint density at radius 2 is 2.26 bits per heavy atom. The number of aromatic nitrogens is 2. The molecular formula is C13H12ClN3OS. The second-order valence-electron chi connectivity index (χ2n) is 4.49. The number of thiophene rings is 1. The van der Waals surface area contributed by atoms with E-state index in [0.717, 1.165) is 11.4 Å². The SMILES string of the molecule is O=C(NCc1cc(C2CC2)ncn1)c1ccc(Cl)s1. The number of carbonyl (C=O) groups excluding carboxylic acids is 1. The molecule has 0 bridgehead atoms. The smallest absolute Gasteiger partial charge is 0.261 e. The summed E-state index contributed by atoms with van der Waals surface area (Å²) in [6.07, 6.45) is 3.98.